The molecule has 2 N–H and O–H groups in total. The number of rotatable bonds is 8. The molecule has 5 rings (SSSR count). The zero-order valence-corrected chi connectivity index (χ0v) is 18.2. The highest BCUT2D eigenvalue weighted by atomic mass is 19.1. The van der Waals surface area contributed by atoms with Gasteiger partial charge in [-0.05, 0) is 67.6 Å². The molecular weight excluding hydrogens is 427 g/mol. The van der Waals surface area contributed by atoms with E-state index < -0.39 is 17.4 Å². The number of benzene rings is 1. The van der Waals surface area contributed by atoms with Gasteiger partial charge in [0.1, 0.15) is 23.6 Å². The van der Waals surface area contributed by atoms with Gasteiger partial charge < -0.3 is 10.6 Å². The third-order valence-electron chi connectivity index (χ3n) is 6.76. The maximum Gasteiger partial charge on any atom is 0.148 e. The number of hydrogen-bond acceptors (Lipinski definition) is 5. The molecule has 0 spiro atoms. The van der Waals surface area contributed by atoms with Gasteiger partial charge in [-0.2, -0.15) is 0 Å². The highest BCUT2D eigenvalue weighted by molar-refractivity contribution is 5.61. The van der Waals surface area contributed by atoms with Gasteiger partial charge in [0, 0.05) is 36.3 Å². The molecule has 2 fully saturated rings. The number of halogens is 3. The summed E-state index contributed by atoms with van der Waals surface area (Å²) < 4.78 is 42.5. The van der Waals surface area contributed by atoms with Gasteiger partial charge in [-0.3, -0.25) is 4.98 Å². The number of hydrogen-bond donors (Lipinski definition) is 2. The lowest BCUT2D eigenvalue weighted by Crippen LogP contribution is -2.49. The van der Waals surface area contributed by atoms with Crippen LogP contribution in [-0.4, -0.2) is 33.9 Å². The van der Waals surface area contributed by atoms with Crippen molar-refractivity contribution in [2.45, 2.75) is 56.3 Å². The minimum Gasteiger partial charge on any atom is -0.368 e. The van der Waals surface area contributed by atoms with E-state index in [0.717, 1.165) is 5.56 Å². The molecule has 2 heterocycles. The lowest BCUT2D eigenvalue weighted by Gasteiger charge is -2.44. The summed E-state index contributed by atoms with van der Waals surface area (Å²) in [6.07, 6.45) is 4.58. The molecule has 0 saturated heterocycles. The highest BCUT2D eigenvalue weighted by Gasteiger charge is 2.48. The molecule has 0 radical (unpaired) electrons. The largest absolute Gasteiger partial charge is 0.368 e. The standard InChI is InChI=1S/C25H26F3N5/c26-17-12-25(13-17,24-21(28)5-2-10-29-24)15-31-23-9-8-22(32-33-23)19-11-16(6-7-20(19)27)14-30-18-3-1-4-18/h2,5-11,17-18,30H,1,3-4,12-15H2,(H,31,33). The van der Waals surface area contributed by atoms with E-state index in [2.05, 4.69) is 25.8 Å². The first-order chi connectivity index (χ1) is 16.0. The number of anilines is 1. The minimum absolute atomic E-state index is 0.201. The summed E-state index contributed by atoms with van der Waals surface area (Å²) in [6, 6.07) is 11.8. The van der Waals surface area contributed by atoms with E-state index in [1.54, 1.807) is 24.3 Å². The lowest BCUT2D eigenvalue weighted by molar-refractivity contribution is 0.0964. The summed E-state index contributed by atoms with van der Waals surface area (Å²) in [6.45, 7) is 0.971. The van der Waals surface area contributed by atoms with E-state index in [4.69, 9.17) is 0 Å². The molecule has 0 atom stereocenters. The smallest absolute Gasteiger partial charge is 0.148 e. The average molecular weight is 454 g/mol. The van der Waals surface area contributed by atoms with Crippen molar-refractivity contribution in [3.63, 3.8) is 0 Å². The molecule has 2 aromatic heterocycles. The third-order valence-corrected chi connectivity index (χ3v) is 6.76. The van der Waals surface area contributed by atoms with E-state index in [-0.39, 0.29) is 30.9 Å². The van der Waals surface area contributed by atoms with Crippen molar-refractivity contribution in [1.29, 1.82) is 0 Å². The molecule has 2 saturated carbocycles. The van der Waals surface area contributed by atoms with E-state index >= 15 is 0 Å². The predicted octanol–water partition coefficient (Wildman–Crippen LogP) is 4.94. The second-order valence-electron chi connectivity index (χ2n) is 9.10. The molecule has 3 aromatic rings. The van der Waals surface area contributed by atoms with Crippen LogP contribution in [0.1, 0.15) is 43.4 Å². The van der Waals surface area contributed by atoms with Crippen LogP contribution in [-0.2, 0) is 12.0 Å². The molecule has 2 aliphatic rings. The topological polar surface area (TPSA) is 62.7 Å². The Labute approximate surface area is 190 Å². The molecule has 0 amide bonds. The van der Waals surface area contributed by atoms with Crippen molar-refractivity contribution in [3.05, 3.63) is 71.6 Å². The third kappa shape index (κ3) is 4.57. The molecule has 33 heavy (non-hydrogen) atoms. The molecule has 1 aromatic carbocycles. The van der Waals surface area contributed by atoms with Crippen LogP contribution in [0.3, 0.4) is 0 Å². The van der Waals surface area contributed by atoms with Gasteiger partial charge in [-0.1, -0.05) is 12.5 Å². The molecular formula is C25H26F3N5. The van der Waals surface area contributed by atoms with Crippen molar-refractivity contribution in [3.8, 4) is 11.3 Å². The first-order valence-electron chi connectivity index (χ1n) is 11.4. The lowest BCUT2D eigenvalue weighted by atomic mass is 9.65. The fourth-order valence-electron chi connectivity index (χ4n) is 4.57. The minimum atomic E-state index is -0.976. The predicted molar refractivity (Wildman–Crippen MR) is 120 cm³/mol. The second-order valence-corrected chi connectivity index (χ2v) is 9.10. The number of nitrogens with zero attached hydrogens (tertiary/aromatic N) is 3. The molecule has 0 aliphatic heterocycles. The number of aromatic nitrogens is 3. The Balaban J connectivity index is 1.27. The Morgan fingerprint density at radius 1 is 1.00 bits per heavy atom. The van der Waals surface area contributed by atoms with Crippen LogP contribution in [0.2, 0.25) is 0 Å². The SMILES string of the molecule is Fc1ccc(CNC2CCC2)cc1-c1ccc(NCC2(c3ncccc3F)CC(F)C2)nn1. The second kappa shape index (κ2) is 9.09. The summed E-state index contributed by atoms with van der Waals surface area (Å²) in [7, 11) is 0. The maximum absolute atomic E-state index is 14.5. The van der Waals surface area contributed by atoms with Crippen LogP contribution < -0.4 is 10.6 Å². The summed E-state index contributed by atoms with van der Waals surface area (Å²) in [5.41, 5.74) is 1.37. The van der Waals surface area contributed by atoms with Gasteiger partial charge in [0.2, 0.25) is 0 Å². The normalized spacial score (nSPS) is 22.5. The van der Waals surface area contributed by atoms with Crippen molar-refractivity contribution < 1.29 is 13.2 Å². The van der Waals surface area contributed by atoms with Gasteiger partial charge >= 0.3 is 0 Å². The van der Waals surface area contributed by atoms with Gasteiger partial charge in [0.25, 0.3) is 0 Å². The van der Waals surface area contributed by atoms with Crippen LogP contribution in [0.5, 0.6) is 0 Å². The van der Waals surface area contributed by atoms with E-state index in [1.165, 1.54) is 43.7 Å². The molecule has 0 unspecified atom stereocenters. The van der Waals surface area contributed by atoms with Crippen LogP contribution in [0.15, 0.2) is 48.7 Å². The fraction of sp³-hybridized carbons (Fsp3) is 0.400. The molecule has 8 heteroatoms. The number of pyridine rings is 1. The summed E-state index contributed by atoms with van der Waals surface area (Å²) in [5, 5.41) is 15.0. The van der Waals surface area contributed by atoms with Crippen molar-refractivity contribution >= 4 is 5.82 Å². The van der Waals surface area contributed by atoms with Crippen molar-refractivity contribution in [1.82, 2.24) is 20.5 Å². The van der Waals surface area contributed by atoms with Crippen molar-refractivity contribution in [2.75, 3.05) is 11.9 Å². The van der Waals surface area contributed by atoms with E-state index in [0.29, 0.717) is 29.7 Å². The van der Waals surface area contributed by atoms with Gasteiger partial charge in [0.05, 0.1) is 11.4 Å². The Morgan fingerprint density at radius 2 is 1.85 bits per heavy atom. The summed E-state index contributed by atoms with van der Waals surface area (Å²) in [4.78, 5) is 4.16. The Kier molecular flexibility index (Phi) is 6.01. The zero-order valence-electron chi connectivity index (χ0n) is 18.2. The van der Waals surface area contributed by atoms with Crippen LogP contribution in [0.4, 0.5) is 19.0 Å². The van der Waals surface area contributed by atoms with Gasteiger partial charge in [-0.15, -0.1) is 10.2 Å². The Hall–Kier alpha value is -3.00. The first-order valence-corrected chi connectivity index (χ1v) is 11.4. The first kappa shape index (κ1) is 21.8. The molecule has 0 bridgehead atoms. The fourth-order valence-corrected chi connectivity index (χ4v) is 4.57. The van der Waals surface area contributed by atoms with E-state index in [1.807, 2.05) is 0 Å². The Morgan fingerprint density at radius 3 is 2.52 bits per heavy atom. The number of alkyl halides is 1. The maximum atomic E-state index is 14.5. The summed E-state index contributed by atoms with van der Waals surface area (Å²) in [5.74, 6) is -0.333. The average Bonchev–Trinajstić information content (AvgIpc) is 2.77. The monoisotopic (exact) mass is 453 g/mol. The van der Waals surface area contributed by atoms with Crippen LogP contribution in [0.25, 0.3) is 11.3 Å². The molecule has 2 aliphatic carbocycles. The molecule has 172 valence electrons. The van der Waals surface area contributed by atoms with Crippen LogP contribution in [0, 0.1) is 11.6 Å². The quantitative estimate of drug-likeness (QED) is 0.506. The number of nitrogens with one attached hydrogen (secondary N) is 2. The van der Waals surface area contributed by atoms with Gasteiger partial charge in [0.15, 0.2) is 0 Å². The van der Waals surface area contributed by atoms with Gasteiger partial charge in [-0.25, -0.2) is 13.2 Å². The summed E-state index contributed by atoms with van der Waals surface area (Å²) >= 11 is 0. The molecule has 5 nitrogen and oxygen atoms in total. The Bertz CT molecular complexity index is 1110. The zero-order chi connectivity index (χ0) is 22.8. The van der Waals surface area contributed by atoms with Crippen molar-refractivity contribution in [2.24, 2.45) is 0 Å². The highest BCUT2D eigenvalue weighted by Crippen LogP contribution is 2.45. The van der Waals surface area contributed by atoms with E-state index in [9.17, 15) is 13.2 Å². The van der Waals surface area contributed by atoms with Crippen LogP contribution >= 0.6 is 0 Å².